The van der Waals surface area contributed by atoms with Crippen LogP contribution in [0.3, 0.4) is 0 Å². The van der Waals surface area contributed by atoms with Crippen molar-refractivity contribution in [3.63, 3.8) is 0 Å². The summed E-state index contributed by atoms with van der Waals surface area (Å²) in [6.07, 6.45) is 1.31. The summed E-state index contributed by atoms with van der Waals surface area (Å²) in [5.41, 5.74) is 0.553. The molecule has 8 heteroatoms. The first-order chi connectivity index (χ1) is 10.4. The Balaban J connectivity index is 2.18. The monoisotopic (exact) mass is 384 g/mol. The molecule has 0 aromatic heterocycles. The number of phenolic OH excluding ortho intramolecular Hbond substituents is 1. The van der Waals surface area contributed by atoms with E-state index in [-0.39, 0.29) is 16.4 Å². The molecule has 22 heavy (non-hydrogen) atoms. The number of nitrogens with one attached hydrogen (secondary N) is 1. The Morgan fingerprint density at radius 1 is 1.27 bits per heavy atom. The van der Waals surface area contributed by atoms with Crippen molar-refractivity contribution in [2.24, 2.45) is 5.10 Å². The van der Waals surface area contributed by atoms with Gasteiger partial charge < -0.3 is 9.84 Å². The number of methoxy groups -OCH3 is 1. The highest BCUT2D eigenvalue weighted by Gasteiger charge is 2.11. The zero-order valence-corrected chi connectivity index (χ0v) is 13.9. The predicted octanol–water partition coefficient (Wildman–Crippen LogP) is 2.48. The summed E-state index contributed by atoms with van der Waals surface area (Å²) in [4.78, 5) is 2.24. The second-order valence-corrected chi connectivity index (χ2v) is 6.73. The number of hydrogen-bond donors (Lipinski definition) is 2. The Bertz CT molecular complexity index is 792. The van der Waals surface area contributed by atoms with Crippen molar-refractivity contribution in [3.8, 4) is 11.5 Å². The van der Waals surface area contributed by atoms with Crippen LogP contribution in [0, 0.1) is 0 Å². The van der Waals surface area contributed by atoms with Gasteiger partial charge >= 0.3 is 0 Å². The van der Waals surface area contributed by atoms with E-state index in [0.29, 0.717) is 10.0 Å². The lowest BCUT2D eigenvalue weighted by Crippen LogP contribution is -2.18. The molecule has 2 aromatic carbocycles. The van der Waals surface area contributed by atoms with Gasteiger partial charge in [-0.25, -0.2) is 4.83 Å². The number of nitrogens with zero attached hydrogens (tertiary/aromatic N) is 1. The van der Waals surface area contributed by atoms with E-state index >= 15 is 0 Å². The zero-order chi connectivity index (χ0) is 16.2. The Labute approximate surface area is 136 Å². The fraction of sp³-hybridized carbons (Fsp3) is 0.0714. The van der Waals surface area contributed by atoms with Gasteiger partial charge in [0.25, 0.3) is 10.0 Å². The summed E-state index contributed by atoms with van der Waals surface area (Å²) in [7, 11) is -2.29. The van der Waals surface area contributed by atoms with E-state index < -0.39 is 10.0 Å². The third-order valence-corrected chi connectivity index (χ3v) is 4.55. The molecule has 2 N–H and O–H groups in total. The second-order valence-electron chi connectivity index (χ2n) is 4.22. The number of hydrazone groups is 1. The summed E-state index contributed by atoms with van der Waals surface area (Å²) in [5.74, 6) is 0.214. The quantitative estimate of drug-likeness (QED) is 0.612. The van der Waals surface area contributed by atoms with Gasteiger partial charge in [-0.1, -0.05) is 18.2 Å². The molecule has 0 unspecified atom stereocenters. The van der Waals surface area contributed by atoms with Gasteiger partial charge in [0.1, 0.15) is 0 Å². The van der Waals surface area contributed by atoms with Crippen molar-refractivity contribution in [1.82, 2.24) is 4.83 Å². The van der Waals surface area contributed by atoms with Crippen LogP contribution >= 0.6 is 15.9 Å². The lowest BCUT2D eigenvalue weighted by atomic mass is 10.2. The Morgan fingerprint density at radius 3 is 2.59 bits per heavy atom. The number of benzene rings is 2. The van der Waals surface area contributed by atoms with Gasteiger partial charge in [0.2, 0.25) is 0 Å². The van der Waals surface area contributed by atoms with Crippen LogP contribution in [0.4, 0.5) is 0 Å². The molecule has 0 amide bonds. The van der Waals surface area contributed by atoms with Crippen LogP contribution in [0.25, 0.3) is 0 Å². The van der Waals surface area contributed by atoms with Crippen molar-refractivity contribution in [1.29, 1.82) is 0 Å². The van der Waals surface area contributed by atoms with Crippen LogP contribution in [0.2, 0.25) is 0 Å². The smallest absolute Gasteiger partial charge is 0.276 e. The van der Waals surface area contributed by atoms with E-state index in [1.54, 1.807) is 24.3 Å². The van der Waals surface area contributed by atoms with Crippen LogP contribution < -0.4 is 9.57 Å². The first-order valence-corrected chi connectivity index (χ1v) is 8.38. The first kappa shape index (κ1) is 16.3. The van der Waals surface area contributed by atoms with E-state index in [0.717, 1.165) is 0 Å². The minimum atomic E-state index is -3.70. The molecule has 0 aliphatic rings. The first-order valence-electron chi connectivity index (χ1n) is 6.10. The van der Waals surface area contributed by atoms with Gasteiger partial charge in [0.05, 0.1) is 22.7 Å². The molecular weight excluding hydrogens is 372 g/mol. The maximum atomic E-state index is 12.0. The molecule has 0 heterocycles. The molecule has 0 saturated heterocycles. The highest BCUT2D eigenvalue weighted by molar-refractivity contribution is 9.10. The molecule has 0 spiro atoms. The van der Waals surface area contributed by atoms with Gasteiger partial charge in [0, 0.05) is 0 Å². The molecule has 2 rings (SSSR count). The predicted molar refractivity (Wildman–Crippen MR) is 86.7 cm³/mol. The van der Waals surface area contributed by atoms with Crippen LogP contribution in [0.15, 0.2) is 56.9 Å². The number of hydrogen-bond acceptors (Lipinski definition) is 5. The minimum absolute atomic E-state index is 0.0375. The third-order valence-electron chi connectivity index (χ3n) is 2.71. The van der Waals surface area contributed by atoms with E-state index in [2.05, 4.69) is 25.9 Å². The standard InChI is InChI=1S/C14H13BrN2O4S/c1-21-13-8-10(7-12(15)14(13)18)9-16-17-22(19,20)11-5-3-2-4-6-11/h2-9,17-18H,1H3/b16-9+. The molecule has 0 radical (unpaired) electrons. The van der Waals surface area contributed by atoms with Gasteiger partial charge in [-0.3, -0.25) is 0 Å². The number of rotatable bonds is 5. The van der Waals surface area contributed by atoms with Crippen molar-refractivity contribution in [2.45, 2.75) is 4.90 Å². The van der Waals surface area contributed by atoms with Crippen LogP contribution in [-0.2, 0) is 10.0 Å². The van der Waals surface area contributed by atoms with E-state index in [4.69, 9.17) is 4.74 Å². The zero-order valence-electron chi connectivity index (χ0n) is 11.5. The van der Waals surface area contributed by atoms with E-state index in [1.807, 2.05) is 0 Å². The van der Waals surface area contributed by atoms with E-state index in [1.165, 1.54) is 31.5 Å². The Morgan fingerprint density at radius 2 is 1.95 bits per heavy atom. The maximum absolute atomic E-state index is 12.0. The summed E-state index contributed by atoms with van der Waals surface area (Å²) < 4.78 is 29.4. The molecule has 0 bridgehead atoms. The molecule has 0 aliphatic heterocycles. The summed E-state index contributed by atoms with van der Waals surface area (Å²) in [5, 5.41) is 13.4. The molecule has 6 nitrogen and oxygen atoms in total. The minimum Gasteiger partial charge on any atom is -0.503 e. The van der Waals surface area contributed by atoms with Gasteiger partial charge in [-0.2, -0.15) is 13.5 Å². The van der Waals surface area contributed by atoms with Crippen molar-refractivity contribution >= 4 is 32.2 Å². The summed E-state index contributed by atoms with van der Waals surface area (Å²) in [6, 6.07) is 11.0. The molecule has 116 valence electrons. The average molecular weight is 385 g/mol. The van der Waals surface area contributed by atoms with Crippen molar-refractivity contribution in [2.75, 3.05) is 7.11 Å². The second kappa shape index (κ2) is 6.80. The topological polar surface area (TPSA) is 88.0 Å². The van der Waals surface area contributed by atoms with Crippen molar-refractivity contribution < 1.29 is 18.3 Å². The fourth-order valence-electron chi connectivity index (χ4n) is 1.65. The number of aromatic hydroxyl groups is 1. The van der Waals surface area contributed by atoms with Crippen LogP contribution in [0.1, 0.15) is 5.56 Å². The van der Waals surface area contributed by atoms with Gasteiger partial charge in [-0.05, 0) is 45.8 Å². The molecule has 0 aliphatic carbocycles. The van der Waals surface area contributed by atoms with E-state index in [9.17, 15) is 13.5 Å². The largest absolute Gasteiger partial charge is 0.503 e. The highest BCUT2D eigenvalue weighted by Crippen LogP contribution is 2.34. The normalized spacial score (nSPS) is 11.5. The van der Waals surface area contributed by atoms with Crippen LogP contribution in [-0.4, -0.2) is 26.8 Å². The van der Waals surface area contributed by atoms with Crippen molar-refractivity contribution in [3.05, 3.63) is 52.5 Å². The SMILES string of the molecule is COc1cc(/C=N/NS(=O)(=O)c2ccccc2)cc(Br)c1O. The highest BCUT2D eigenvalue weighted by atomic mass is 79.9. The molecular formula is C14H13BrN2O4S. The molecule has 0 fully saturated rings. The maximum Gasteiger partial charge on any atom is 0.276 e. The number of phenols is 1. The summed E-state index contributed by atoms with van der Waals surface area (Å²) >= 11 is 3.18. The van der Waals surface area contributed by atoms with Gasteiger partial charge in [0.15, 0.2) is 11.5 Å². The summed E-state index contributed by atoms with van der Waals surface area (Å²) in [6.45, 7) is 0. The lowest BCUT2D eigenvalue weighted by molar-refractivity contribution is 0.372. The number of halogens is 1. The average Bonchev–Trinajstić information content (AvgIpc) is 2.51. The molecule has 0 atom stereocenters. The number of ether oxygens (including phenoxy) is 1. The molecule has 2 aromatic rings. The lowest BCUT2D eigenvalue weighted by Gasteiger charge is -2.06. The third kappa shape index (κ3) is 3.77. The van der Waals surface area contributed by atoms with Gasteiger partial charge in [-0.15, -0.1) is 0 Å². The fourth-order valence-corrected chi connectivity index (χ4v) is 2.92. The van der Waals surface area contributed by atoms with Crippen LogP contribution in [0.5, 0.6) is 11.5 Å². The Hall–Kier alpha value is -2.06. The molecule has 0 saturated carbocycles. The number of sulfonamides is 1. The Kier molecular flexibility index (Phi) is 5.04.